The summed E-state index contributed by atoms with van der Waals surface area (Å²) in [5.74, 6) is 1.79. The second kappa shape index (κ2) is 6.92. The lowest BCUT2D eigenvalue weighted by Crippen LogP contribution is -2.30. The Hall–Kier alpha value is -0.580. The van der Waals surface area contributed by atoms with Gasteiger partial charge in [-0.2, -0.15) is 0 Å². The van der Waals surface area contributed by atoms with Gasteiger partial charge in [-0.05, 0) is 50.3 Å². The lowest BCUT2D eigenvalue weighted by atomic mass is 9.97. The standard InChI is InChI=1S/C16H22BrNO2/c17-13-3-4-14-15(2-1-7-20-16(14)10-13)18-11-12-5-8-19-9-6-12/h3-4,10,12,15,18H,1-2,5-9,11H2. The van der Waals surface area contributed by atoms with Crippen molar-refractivity contribution >= 4 is 15.9 Å². The molecule has 2 aliphatic rings. The van der Waals surface area contributed by atoms with E-state index in [2.05, 4.69) is 39.4 Å². The van der Waals surface area contributed by atoms with Crippen LogP contribution in [-0.4, -0.2) is 26.4 Å². The third kappa shape index (κ3) is 3.54. The fourth-order valence-corrected chi connectivity index (χ4v) is 3.36. The Morgan fingerprint density at radius 2 is 2.00 bits per heavy atom. The summed E-state index contributed by atoms with van der Waals surface area (Å²) >= 11 is 3.52. The highest BCUT2D eigenvalue weighted by molar-refractivity contribution is 9.10. The maximum atomic E-state index is 5.86. The molecule has 3 nitrogen and oxygen atoms in total. The summed E-state index contributed by atoms with van der Waals surface area (Å²) in [4.78, 5) is 0. The zero-order chi connectivity index (χ0) is 13.8. The van der Waals surface area contributed by atoms with Crippen molar-refractivity contribution in [3.05, 3.63) is 28.2 Å². The van der Waals surface area contributed by atoms with Crippen LogP contribution in [0.25, 0.3) is 0 Å². The molecule has 1 unspecified atom stereocenters. The number of hydrogen-bond acceptors (Lipinski definition) is 3. The normalized spacial score (nSPS) is 23.8. The van der Waals surface area contributed by atoms with Gasteiger partial charge in [0.25, 0.3) is 0 Å². The van der Waals surface area contributed by atoms with E-state index in [1.807, 2.05) is 0 Å². The van der Waals surface area contributed by atoms with Gasteiger partial charge in [0.2, 0.25) is 0 Å². The molecule has 1 aromatic carbocycles. The van der Waals surface area contributed by atoms with Gasteiger partial charge >= 0.3 is 0 Å². The number of nitrogens with one attached hydrogen (secondary N) is 1. The molecule has 0 saturated carbocycles. The average molecular weight is 340 g/mol. The van der Waals surface area contributed by atoms with Crippen LogP contribution in [0.2, 0.25) is 0 Å². The molecular formula is C16H22BrNO2. The largest absolute Gasteiger partial charge is 0.493 e. The van der Waals surface area contributed by atoms with Crippen LogP contribution in [0.15, 0.2) is 22.7 Å². The molecule has 1 saturated heterocycles. The second-order valence-electron chi connectivity index (χ2n) is 5.69. The molecule has 1 aromatic rings. The van der Waals surface area contributed by atoms with Crippen molar-refractivity contribution in [2.75, 3.05) is 26.4 Å². The number of ether oxygens (including phenoxy) is 2. The van der Waals surface area contributed by atoms with Crippen LogP contribution in [0.4, 0.5) is 0 Å². The van der Waals surface area contributed by atoms with Crippen LogP contribution in [0, 0.1) is 5.92 Å². The summed E-state index contributed by atoms with van der Waals surface area (Å²) in [6, 6.07) is 6.80. The van der Waals surface area contributed by atoms with Crippen molar-refractivity contribution in [1.29, 1.82) is 0 Å². The minimum absolute atomic E-state index is 0.420. The van der Waals surface area contributed by atoms with Crippen molar-refractivity contribution < 1.29 is 9.47 Å². The molecule has 20 heavy (non-hydrogen) atoms. The first-order valence-electron chi connectivity index (χ1n) is 7.56. The van der Waals surface area contributed by atoms with Gasteiger partial charge in [-0.1, -0.05) is 22.0 Å². The zero-order valence-electron chi connectivity index (χ0n) is 11.7. The maximum absolute atomic E-state index is 5.86. The molecule has 0 amide bonds. The smallest absolute Gasteiger partial charge is 0.125 e. The van der Waals surface area contributed by atoms with Crippen molar-refractivity contribution in [3.8, 4) is 5.75 Å². The number of hydrogen-bond donors (Lipinski definition) is 1. The maximum Gasteiger partial charge on any atom is 0.125 e. The highest BCUT2D eigenvalue weighted by Gasteiger charge is 2.21. The first kappa shape index (κ1) is 14.4. The van der Waals surface area contributed by atoms with Crippen molar-refractivity contribution in [2.45, 2.75) is 31.7 Å². The number of rotatable bonds is 3. The van der Waals surface area contributed by atoms with Gasteiger partial charge in [0.1, 0.15) is 5.75 Å². The Balaban J connectivity index is 1.66. The quantitative estimate of drug-likeness (QED) is 0.911. The van der Waals surface area contributed by atoms with E-state index in [-0.39, 0.29) is 0 Å². The predicted octanol–water partition coefficient (Wildman–Crippen LogP) is 3.68. The van der Waals surface area contributed by atoms with Crippen LogP contribution in [0.5, 0.6) is 5.75 Å². The summed E-state index contributed by atoms with van der Waals surface area (Å²) in [6.45, 7) is 3.75. The lowest BCUT2D eigenvalue weighted by Gasteiger charge is -2.25. The number of fused-ring (bicyclic) bond motifs is 1. The summed E-state index contributed by atoms with van der Waals surface area (Å²) in [7, 11) is 0. The molecule has 4 heteroatoms. The molecule has 2 aliphatic heterocycles. The van der Waals surface area contributed by atoms with Crippen molar-refractivity contribution in [1.82, 2.24) is 5.32 Å². The molecule has 0 radical (unpaired) electrons. The van der Waals surface area contributed by atoms with E-state index in [9.17, 15) is 0 Å². The number of halogens is 1. The molecule has 3 rings (SSSR count). The molecule has 2 heterocycles. The Labute approximate surface area is 129 Å². The Morgan fingerprint density at radius 3 is 2.85 bits per heavy atom. The molecule has 0 aliphatic carbocycles. The van der Waals surface area contributed by atoms with Crippen LogP contribution in [0.1, 0.15) is 37.3 Å². The third-order valence-corrected chi connectivity index (χ3v) is 4.73. The second-order valence-corrected chi connectivity index (χ2v) is 6.61. The molecular weight excluding hydrogens is 318 g/mol. The molecule has 0 aromatic heterocycles. The summed E-state index contributed by atoms with van der Waals surface area (Å²) in [5.41, 5.74) is 1.30. The van der Waals surface area contributed by atoms with E-state index in [0.29, 0.717) is 6.04 Å². The van der Waals surface area contributed by atoms with Crippen molar-refractivity contribution in [2.24, 2.45) is 5.92 Å². The molecule has 1 N–H and O–H groups in total. The zero-order valence-corrected chi connectivity index (χ0v) is 13.3. The van der Waals surface area contributed by atoms with Crippen LogP contribution < -0.4 is 10.1 Å². The van der Waals surface area contributed by atoms with Crippen LogP contribution in [0.3, 0.4) is 0 Å². The highest BCUT2D eigenvalue weighted by Crippen LogP contribution is 2.33. The van der Waals surface area contributed by atoms with E-state index in [1.54, 1.807) is 0 Å². The van der Waals surface area contributed by atoms with Gasteiger partial charge in [-0.25, -0.2) is 0 Å². The van der Waals surface area contributed by atoms with E-state index in [0.717, 1.165) is 55.3 Å². The molecule has 1 fully saturated rings. The van der Waals surface area contributed by atoms with E-state index < -0.39 is 0 Å². The molecule has 110 valence electrons. The topological polar surface area (TPSA) is 30.5 Å². The monoisotopic (exact) mass is 339 g/mol. The first-order valence-corrected chi connectivity index (χ1v) is 8.35. The van der Waals surface area contributed by atoms with E-state index in [1.165, 1.54) is 18.4 Å². The van der Waals surface area contributed by atoms with E-state index >= 15 is 0 Å². The first-order chi connectivity index (χ1) is 9.83. The van der Waals surface area contributed by atoms with E-state index in [4.69, 9.17) is 9.47 Å². The van der Waals surface area contributed by atoms with Gasteiger partial charge in [0.15, 0.2) is 0 Å². The highest BCUT2D eigenvalue weighted by atomic mass is 79.9. The summed E-state index contributed by atoms with van der Waals surface area (Å²) in [6.07, 6.45) is 4.63. The average Bonchev–Trinajstić information content (AvgIpc) is 2.68. The SMILES string of the molecule is Brc1ccc2c(c1)OCCCC2NCC1CCOCC1. The number of benzene rings is 1. The molecule has 0 bridgehead atoms. The van der Waals surface area contributed by atoms with Gasteiger partial charge in [0, 0.05) is 29.3 Å². The fourth-order valence-electron chi connectivity index (χ4n) is 3.02. The third-order valence-electron chi connectivity index (χ3n) is 4.24. The summed E-state index contributed by atoms with van der Waals surface area (Å²) < 4.78 is 12.4. The summed E-state index contributed by atoms with van der Waals surface area (Å²) in [5, 5.41) is 3.76. The Kier molecular flexibility index (Phi) is 4.97. The Morgan fingerprint density at radius 1 is 1.15 bits per heavy atom. The van der Waals surface area contributed by atoms with Gasteiger partial charge in [0.05, 0.1) is 6.61 Å². The minimum atomic E-state index is 0.420. The predicted molar refractivity (Wildman–Crippen MR) is 83.2 cm³/mol. The molecule has 0 spiro atoms. The molecule has 1 atom stereocenters. The lowest BCUT2D eigenvalue weighted by molar-refractivity contribution is 0.0653. The minimum Gasteiger partial charge on any atom is -0.493 e. The van der Waals surface area contributed by atoms with Crippen molar-refractivity contribution in [3.63, 3.8) is 0 Å². The van der Waals surface area contributed by atoms with Crippen LogP contribution >= 0.6 is 15.9 Å². The van der Waals surface area contributed by atoms with Gasteiger partial charge < -0.3 is 14.8 Å². The van der Waals surface area contributed by atoms with Crippen LogP contribution in [-0.2, 0) is 4.74 Å². The Bertz CT molecular complexity index is 446. The van der Waals surface area contributed by atoms with Gasteiger partial charge in [-0.3, -0.25) is 0 Å². The fraction of sp³-hybridized carbons (Fsp3) is 0.625. The van der Waals surface area contributed by atoms with Gasteiger partial charge in [-0.15, -0.1) is 0 Å².